The molecule has 4 rings (SSSR count). The van der Waals surface area contributed by atoms with E-state index in [-0.39, 0.29) is 12.5 Å². The molecule has 2 aliphatic rings. The summed E-state index contributed by atoms with van der Waals surface area (Å²) in [7, 11) is 1.64. The molecule has 1 aromatic heterocycles. The second kappa shape index (κ2) is 11.1. The van der Waals surface area contributed by atoms with Gasteiger partial charge in [0.2, 0.25) is 5.91 Å². The van der Waals surface area contributed by atoms with E-state index >= 15 is 0 Å². The van der Waals surface area contributed by atoms with Gasteiger partial charge in [0.05, 0.1) is 13.7 Å². The Morgan fingerprint density at radius 1 is 0.909 bits per heavy atom. The predicted molar refractivity (Wildman–Crippen MR) is 129 cm³/mol. The minimum Gasteiger partial charge on any atom is -0.497 e. The molecule has 9 nitrogen and oxygen atoms in total. The number of piperazine rings is 2. The third-order valence-corrected chi connectivity index (χ3v) is 6.20. The fraction of sp³-hybridized carbons (Fsp3) is 0.458. The van der Waals surface area contributed by atoms with E-state index in [0.717, 1.165) is 68.8 Å². The van der Waals surface area contributed by atoms with Crippen molar-refractivity contribution in [2.24, 2.45) is 0 Å². The van der Waals surface area contributed by atoms with Gasteiger partial charge in [0.1, 0.15) is 5.75 Å². The van der Waals surface area contributed by atoms with Crippen molar-refractivity contribution in [2.75, 3.05) is 82.4 Å². The molecule has 2 saturated heterocycles. The molecule has 0 unspecified atom stereocenters. The minimum atomic E-state index is 0.0206. The van der Waals surface area contributed by atoms with Gasteiger partial charge in [-0.15, -0.1) is 10.2 Å². The van der Waals surface area contributed by atoms with Crippen LogP contribution in [0.2, 0.25) is 0 Å². The van der Waals surface area contributed by atoms with Crippen molar-refractivity contribution in [1.82, 2.24) is 20.0 Å². The molecular formula is C24H32N6O3. The highest BCUT2D eigenvalue weighted by atomic mass is 16.5. The first kappa shape index (κ1) is 23.0. The number of β-amino-alcohol motifs (C(OH)–C–C–N with tert-alkyl or cyclic N) is 1. The Morgan fingerprint density at radius 3 is 2.00 bits per heavy atom. The maximum atomic E-state index is 12.6. The van der Waals surface area contributed by atoms with Crippen molar-refractivity contribution in [3.05, 3.63) is 48.0 Å². The summed E-state index contributed by atoms with van der Waals surface area (Å²) in [4.78, 5) is 21.1. The Kier molecular flexibility index (Phi) is 7.74. The molecule has 0 radical (unpaired) electrons. The number of nitrogens with zero attached hydrogens (tertiary/aromatic N) is 6. The number of benzene rings is 1. The molecule has 2 aromatic rings. The van der Waals surface area contributed by atoms with Gasteiger partial charge in [-0.05, 0) is 35.9 Å². The number of aliphatic hydroxyl groups excluding tert-OH is 1. The molecule has 0 spiro atoms. The number of aliphatic hydroxyl groups is 1. The van der Waals surface area contributed by atoms with Gasteiger partial charge < -0.3 is 24.5 Å². The van der Waals surface area contributed by atoms with Crippen molar-refractivity contribution >= 4 is 23.6 Å². The molecule has 2 fully saturated rings. The summed E-state index contributed by atoms with van der Waals surface area (Å²) in [6.07, 6.45) is 3.47. The third-order valence-electron chi connectivity index (χ3n) is 6.20. The number of carbonyl (C=O) groups is 1. The van der Waals surface area contributed by atoms with E-state index < -0.39 is 0 Å². The van der Waals surface area contributed by atoms with Crippen LogP contribution in [0, 0.1) is 0 Å². The predicted octanol–water partition coefficient (Wildman–Crippen LogP) is 0.962. The number of ether oxygens (including phenoxy) is 1. The van der Waals surface area contributed by atoms with Gasteiger partial charge in [0.25, 0.3) is 0 Å². The van der Waals surface area contributed by atoms with E-state index in [9.17, 15) is 4.79 Å². The van der Waals surface area contributed by atoms with Gasteiger partial charge in [-0.3, -0.25) is 9.69 Å². The highest BCUT2D eigenvalue weighted by molar-refractivity contribution is 5.92. The first-order valence-electron chi connectivity index (χ1n) is 11.4. The zero-order valence-electron chi connectivity index (χ0n) is 19.1. The average Bonchev–Trinajstić information content (AvgIpc) is 2.88. The van der Waals surface area contributed by atoms with Gasteiger partial charge in [0, 0.05) is 65.0 Å². The first-order valence-corrected chi connectivity index (χ1v) is 11.4. The molecule has 0 saturated carbocycles. The molecule has 1 aromatic carbocycles. The Balaban J connectivity index is 1.25. The van der Waals surface area contributed by atoms with Gasteiger partial charge in [0.15, 0.2) is 11.6 Å². The topological polar surface area (TPSA) is 85.3 Å². The molecule has 176 valence electrons. The van der Waals surface area contributed by atoms with Crippen molar-refractivity contribution in [3.8, 4) is 5.75 Å². The molecule has 3 heterocycles. The van der Waals surface area contributed by atoms with Crippen LogP contribution in [0.5, 0.6) is 5.75 Å². The number of hydrogen-bond acceptors (Lipinski definition) is 8. The highest BCUT2D eigenvalue weighted by Gasteiger charge is 2.22. The Labute approximate surface area is 194 Å². The van der Waals surface area contributed by atoms with E-state index in [2.05, 4.69) is 24.9 Å². The largest absolute Gasteiger partial charge is 0.497 e. The summed E-state index contributed by atoms with van der Waals surface area (Å²) in [5.41, 5.74) is 0.966. The molecule has 1 amide bonds. The van der Waals surface area contributed by atoms with Crippen LogP contribution in [-0.2, 0) is 4.79 Å². The molecule has 0 atom stereocenters. The van der Waals surface area contributed by atoms with Crippen molar-refractivity contribution in [1.29, 1.82) is 0 Å². The van der Waals surface area contributed by atoms with Gasteiger partial charge in [-0.2, -0.15) is 0 Å². The maximum absolute atomic E-state index is 12.6. The first-order chi connectivity index (χ1) is 16.2. The molecule has 33 heavy (non-hydrogen) atoms. The number of hydrogen-bond donors (Lipinski definition) is 1. The summed E-state index contributed by atoms with van der Waals surface area (Å²) >= 11 is 0. The van der Waals surface area contributed by atoms with Gasteiger partial charge in [-0.1, -0.05) is 12.1 Å². The van der Waals surface area contributed by atoms with E-state index in [1.807, 2.05) is 47.4 Å². The standard InChI is InChI=1S/C24H32N6O3/c1-33-21-5-2-20(3-6-21)4-9-24(32)30-16-14-29(15-17-30)23-8-7-22(25-26-23)28-12-10-27(11-13-28)18-19-31/h2-9,31H,10-19H2,1H3/b9-4+. The molecule has 1 N–H and O–H groups in total. The van der Waals surface area contributed by atoms with Crippen LogP contribution in [-0.4, -0.2) is 104 Å². The van der Waals surface area contributed by atoms with Crippen molar-refractivity contribution < 1.29 is 14.6 Å². The van der Waals surface area contributed by atoms with Crippen LogP contribution in [0.25, 0.3) is 6.08 Å². The molecule has 0 aliphatic carbocycles. The fourth-order valence-electron chi connectivity index (χ4n) is 4.14. The lowest BCUT2D eigenvalue weighted by atomic mass is 10.2. The lowest BCUT2D eigenvalue weighted by molar-refractivity contribution is -0.126. The van der Waals surface area contributed by atoms with E-state index in [4.69, 9.17) is 9.84 Å². The minimum absolute atomic E-state index is 0.0206. The van der Waals surface area contributed by atoms with Gasteiger partial charge in [-0.25, -0.2) is 0 Å². The smallest absolute Gasteiger partial charge is 0.246 e. The molecular weight excluding hydrogens is 420 g/mol. The van der Waals surface area contributed by atoms with Crippen LogP contribution >= 0.6 is 0 Å². The van der Waals surface area contributed by atoms with Crippen LogP contribution in [0.1, 0.15) is 5.56 Å². The summed E-state index contributed by atoms with van der Waals surface area (Å²) in [5.74, 6) is 2.55. The quantitative estimate of drug-likeness (QED) is 0.622. The lowest BCUT2D eigenvalue weighted by Crippen LogP contribution is -2.49. The Morgan fingerprint density at radius 2 is 1.48 bits per heavy atom. The molecule has 0 bridgehead atoms. The lowest BCUT2D eigenvalue weighted by Gasteiger charge is -2.36. The fourth-order valence-corrected chi connectivity index (χ4v) is 4.14. The number of anilines is 2. The number of methoxy groups -OCH3 is 1. The SMILES string of the molecule is COc1ccc(/C=C/C(=O)N2CCN(c3ccc(N4CCN(CCO)CC4)nn3)CC2)cc1. The summed E-state index contributed by atoms with van der Waals surface area (Å²) in [6.45, 7) is 7.32. The van der Waals surface area contributed by atoms with Crippen molar-refractivity contribution in [2.45, 2.75) is 0 Å². The van der Waals surface area contributed by atoms with Crippen LogP contribution in [0.3, 0.4) is 0 Å². The van der Waals surface area contributed by atoms with E-state index in [1.165, 1.54) is 0 Å². The highest BCUT2D eigenvalue weighted by Crippen LogP contribution is 2.18. The monoisotopic (exact) mass is 452 g/mol. The summed E-state index contributed by atoms with van der Waals surface area (Å²) in [5, 5.41) is 18.0. The van der Waals surface area contributed by atoms with Crippen molar-refractivity contribution in [3.63, 3.8) is 0 Å². The zero-order chi connectivity index (χ0) is 23.0. The molecule has 2 aliphatic heterocycles. The second-order valence-corrected chi connectivity index (χ2v) is 8.22. The number of carbonyl (C=O) groups excluding carboxylic acids is 1. The second-order valence-electron chi connectivity index (χ2n) is 8.22. The average molecular weight is 453 g/mol. The summed E-state index contributed by atoms with van der Waals surface area (Å²) < 4.78 is 5.16. The Hall–Kier alpha value is -3.17. The molecule has 9 heteroatoms. The summed E-state index contributed by atoms with van der Waals surface area (Å²) in [6, 6.07) is 11.7. The zero-order valence-corrected chi connectivity index (χ0v) is 19.1. The van der Waals surface area contributed by atoms with E-state index in [0.29, 0.717) is 13.1 Å². The van der Waals surface area contributed by atoms with Gasteiger partial charge >= 0.3 is 0 Å². The van der Waals surface area contributed by atoms with Crippen LogP contribution < -0.4 is 14.5 Å². The number of aromatic nitrogens is 2. The van der Waals surface area contributed by atoms with Crippen LogP contribution in [0.15, 0.2) is 42.5 Å². The normalized spacial score (nSPS) is 17.6. The number of amides is 1. The van der Waals surface area contributed by atoms with Crippen LogP contribution in [0.4, 0.5) is 11.6 Å². The van der Waals surface area contributed by atoms with E-state index in [1.54, 1.807) is 13.2 Å². The maximum Gasteiger partial charge on any atom is 0.246 e. The number of rotatable bonds is 7. The third kappa shape index (κ3) is 6.00. The Bertz CT molecular complexity index is 918.